The van der Waals surface area contributed by atoms with E-state index in [9.17, 15) is 9.59 Å². The first-order valence-electron chi connectivity index (χ1n) is 10.4. The van der Waals surface area contributed by atoms with Crippen LogP contribution in [0.1, 0.15) is 54.8 Å². The van der Waals surface area contributed by atoms with Crippen LogP contribution >= 0.6 is 23.2 Å². The standard InChI is InChI=1S/C24H28Cl2N2O2/c1-16-8-13-21(14-17(16)2)28(22(29)15-25)23(18-9-11-19(26)12-10-18)24(30)27-20-6-4-3-5-7-20/h8-14,20,23H,3-7,15H2,1-2H3,(H,27,30). The van der Waals surface area contributed by atoms with Gasteiger partial charge in [0.15, 0.2) is 0 Å². The lowest BCUT2D eigenvalue weighted by molar-refractivity contribution is -0.126. The van der Waals surface area contributed by atoms with E-state index in [0.29, 0.717) is 16.3 Å². The van der Waals surface area contributed by atoms with E-state index in [4.69, 9.17) is 23.2 Å². The summed E-state index contributed by atoms with van der Waals surface area (Å²) in [6, 6.07) is 12.1. The van der Waals surface area contributed by atoms with Crippen molar-refractivity contribution in [2.75, 3.05) is 10.8 Å². The largest absolute Gasteiger partial charge is 0.351 e. The Labute approximate surface area is 188 Å². The van der Waals surface area contributed by atoms with Crippen LogP contribution in [0.15, 0.2) is 42.5 Å². The van der Waals surface area contributed by atoms with Crippen LogP contribution in [0.5, 0.6) is 0 Å². The zero-order valence-corrected chi connectivity index (χ0v) is 19.0. The van der Waals surface area contributed by atoms with Crippen molar-refractivity contribution in [3.63, 3.8) is 0 Å². The summed E-state index contributed by atoms with van der Waals surface area (Å²) in [5, 5.41) is 3.75. The normalized spacial score (nSPS) is 15.5. The van der Waals surface area contributed by atoms with Crippen molar-refractivity contribution in [1.82, 2.24) is 5.32 Å². The molecule has 1 saturated carbocycles. The molecule has 0 aromatic heterocycles. The molecule has 0 spiro atoms. The lowest BCUT2D eigenvalue weighted by Crippen LogP contribution is -2.47. The van der Waals surface area contributed by atoms with Crippen LogP contribution in [0.4, 0.5) is 5.69 Å². The van der Waals surface area contributed by atoms with Gasteiger partial charge in [-0.3, -0.25) is 14.5 Å². The molecule has 0 aliphatic heterocycles. The topological polar surface area (TPSA) is 49.4 Å². The quantitative estimate of drug-likeness (QED) is 0.576. The molecule has 0 bridgehead atoms. The lowest BCUT2D eigenvalue weighted by Gasteiger charge is -2.33. The highest BCUT2D eigenvalue weighted by Gasteiger charge is 2.33. The van der Waals surface area contributed by atoms with Crippen LogP contribution in [-0.4, -0.2) is 23.7 Å². The van der Waals surface area contributed by atoms with Gasteiger partial charge >= 0.3 is 0 Å². The van der Waals surface area contributed by atoms with Gasteiger partial charge in [0, 0.05) is 16.8 Å². The zero-order valence-electron chi connectivity index (χ0n) is 17.5. The molecule has 1 fully saturated rings. The van der Waals surface area contributed by atoms with Crippen molar-refractivity contribution in [1.29, 1.82) is 0 Å². The third-order valence-corrected chi connectivity index (χ3v) is 6.28. The highest BCUT2D eigenvalue weighted by molar-refractivity contribution is 6.30. The summed E-state index contributed by atoms with van der Waals surface area (Å²) >= 11 is 12.1. The summed E-state index contributed by atoms with van der Waals surface area (Å²) in [5.41, 5.74) is 3.51. The van der Waals surface area contributed by atoms with Gasteiger partial charge in [-0.1, -0.05) is 49.1 Å². The fourth-order valence-electron chi connectivity index (χ4n) is 3.97. The third-order valence-electron chi connectivity index (χ3n) is 5.80. The molecule has 1 N–H and O–H groups in total. The minimum absolute atomic E-state index is 0.133. The predicted molar refractivity (Wildman–Crippen MR) is 123 cm³/mol. The van der Waals surface area contributed by atoms with Gasteiger partial charge in [-0.25, -0.2) is 0 Å². The van der Waals surface area contributed by atoms with E-state index in [-0.39, 0.29) is 23.7 Å². The molecule has 4 nitrogen and oxygen atoms in total. The van der Waals surface area contributed by atoms with E-state index in [1.807, 2.05) is 32.0 Å². The summed E-state index contributed by atoms with van der Waals surface area (Å²) in [7, 11) is 0. The number of nitrogens with zero attached hydrogens (tertiary/aromatic N) is 1. The molecular weight excluding hydrogens is 419 g/mol. The van der Waals surface area contributed by atoms with Crippen LogP contribution in [-0.2, 0) is 9.59 Å². The Bertz CT molecular complexity index is 893. The summed E-state index contributed by atoms with van der Waals surface area (Å²) < 4.78 is 0. The zero-order chi connectivity index (χ0) is 21.7. The van der Waals surface area contributed by atoms with Gasteiger partial charge in [0.2, 0.25) is 11.8 Å². The minimum atomic E-state index is -0.822. The Balaban J connectivity index is 2.03. The molecule has 160 valence electrons. The van der Waals surface area contributed by atoms with Crippen molar-refractivity contribution in [2.45, 2.75) is 58.0 Å². The predicted octanol–water partition coefficient (Wildman–Crippen LogP) is 5.72. The molecule has 1 aliphatic carbocycles. The second-order valence-corrected chi connectivity index (χ2v) is 8.67. The molecule has 1 aliphatic rings. The second-order valence-electron chi connectivity index (χ2n) is 7.96. The number of nitrogens with one attached hydrogen (secondary N) is 1. The highest BCUT2D eigenvalue weighted by Crippen LogP contribution is 2.31. The molecule has 0 heterocycles. The summed E-state index contributed by atoms with van der Waals surface area (Å²) in [6.45, 7) is 4.00. The first kappa shape index (κ1) is 22.6. The van der Waals surface area contributed by atoms with Gasteiger partial charge in [0.1, 0.15) is 11.9 Å². The maximum atomic E-state index is 13.5. The average molecular weight is 447 g/mol. The van der Waals surface area contributed by atoms with Gasteiger partial charge in [-0.15, -0.1) is 11.6 Å². The van der Waals surface area contributed by atoms with Gasteiger partial charge in [0.25, 0.3) is 0 Å². The van der Waals surface area contributed by atoms with Crippen molar-refractivity contribution in [2.24, 2.45) is 0 Å². The van der Waals surface area contributed by atoms with Crippen LogP contribution in [0.25, 0.3) is 0 Å². The summed E-state index contributed by atoms with van der Waals surface area (Å²) in [6.07, 6.45) is 5.35. The Morgan fingerprint density at radius 2 is 1.70 bits per heavy atom. The molecule has 2 aromatic rings. The van der Waals surface area contributed by atoms with Gasteiger partial charge in [-0.05, 0) is 67.6 Å². The molecule has 3 rings (SSSR count). The third kappa shape index (κ3) is 5.35. The number of alkyl halides is 1. The maximum absolute atomic E-state index is 13.5. The lowest BCUT2D eigenvalue weighted by atomic mass is 9.94. The molecule has 0 saturated heterocycles. The van der Waals surface area contributed by atoms with Gasteiger partial charge in [0.05, 0.1) is 0 Å². The Morgan fingerprint density at radius 3 is 2.30 bits per heavy atom. The summed E-state index contributed by atoms with van der Waals surface area (Å²) in [5.74, 6) is -0.729. The van der Waals surface area contributed by atoms with Crippen molar-refractivity contribution in [3.8, 4) is 0 Å². The fourth-order valence-corrected chi connectivity index (χ4v) is 4.22. The highest BCUT2D eigenvalue weighted by atomic mass is 35.5. The Kier molecular flexibility index (Phi) is 7.79. The first-order valence-corrected chi connectivity index (χ1v) is 11.3. The fraction of sp³-hybridized carbons (Fsp3) is 0.417. The van der Waals surface area contributed by atoms with Crippen LogP contribution in [0.2, 0.25) is 5.02 Å². The maximum Gasteiger partial charge on any atom is 0.248 e. The number of anilines is 1. The van der Waals surface area contributed by atoms with Crippen molar-refractivity contribution >= 4 is 40.7 Å². The molecule has 1 atom stereocenters. The number of carbonyl (C=O) groups excluding carboxylic acids is 2. The van der Waals surface area contributed by atoms with Crippen LogP contribution in [0.3, 0.4) is 0 Å². The second kappa shape index (κ2) is 10.3. The van der Waals surface area contributed by atoms with Gasteiger partial charge < -0.3 is 5.32 Å². The number of hydrogen-bond acceptors (Lipinski definition) is 2. The number of benzene rings is 2. The number of aryl methyl sites for hydroxylation is 2. The smallest absolute Gasteiger partial charge is 0.248 e. The van der Waals surface area contributed by atoms with Crippen molar-refractivity contribution in [3.05, 3.63) is 64.2 Å². The van der Waals surface area contributed by atoms with Crippen LogP contribution < -0.4 is 10.2 Å². The Hall–Kier alpha value is -2.04. The van der Waals surface area contributed by atoms with E-state index in [2.05, 4.69) is 5.32 Å². The SMILES string of the molecule is Cc1ccc(N(C(=O)CCl)C(C(=O)NC2CCCCC2)c2ccc(Cl)cc2)cc1C. The molecule has 30 heavy (non-hydrogen) atoms. The number of rotatable bonds is 6. The average Bonchev–Trinajstić information content (AvgIpc) is 2.75. The van der Waals surface area contributed by atoms with E-state index >= 15 is 0 Å². The minimum Gasteiger partial charge on any atom is -0.351 e. The molecule has 2 aromatic carbocycles. The van der Waals surface area contributed by atoms with E-state index < -0.39 is 6.04 Å². The number of carbonyl (C=O) groups is 2. The number of amides is 2. The van der Waals surface area contributed by atoms with Crippen molar-refractivity contribution < 1.29 is 9.59 Å². The molecular formula is C24H28Cl2N2O2. The Morgan fingerprint density at radius 1 is 1.03 bits per heavy atom. The van der Waals surface area contributed by atoms with E-state index in [0.717, 1.165) is 36.8 Å². The van der Waals surface area contributed by atoms with Crippen LogP contribution in [0, 0.1) is 13.8 Å². The molecule has 1 unspecified atom stereocenters. The number of halogens is 2. The van der Waals surface area contributed by atoms with E-state index in [1.165, 1.54) is 11.3 Å². The summed E-state index contributed by atoms with van der Waals surface area (Å²) in [4.78, 5) is 28.0. The number of hydrogen-bond donors (Lipinski definition) is 1. The van der Waals surface area contributed by atoms with E-state index in [1.54, 1.807) is 24.3 Å². The molecule has 6 heteroatoms. The molecule has 0 radical (unpaired) electrons. The first-order chi connectivity index (χ1) is 14.4. The van der Waals surface area contributed by atoms with Gasteiger partial charge in [-0.2, -0.15) is 0 Å². The monoisotopic (exact) mass is 446 g/mol. The molecule has 2 amide bonds.